The van der Waals surface area contributed by atoms with E-state index in [0.29, 0.717) is 5.75 Å². The number of likely N-dealkylation sites (tertiary alicyclic amines) is 1. The maximum atomic E-state index is 9.90. The molecule has 0 saturated carbocycles. The number of para-hydroxylation sites is 1. The Balaban J connectivity index is 2.06. The number of fused-ring (bicyclic) bond motifs is 2. The Kier molecular flexibility index (Phi) is 2.51. The van der Waals surface area contributed by atoms with E-state index in [2.05, 4.69) is 18.0 Å². The number of hydrogen-bond donors (Lipinski definition) is 1. The molecule has 0 bridgehead atoms. The molecule has 0 aliphatic carbocycles. The summed E-state index contributed by atoms with van der Waals surface area (Å²) in [6.45, 7) is 2.97. The Bertz CT molecular complexity index is 432. The highest BCUT2D eigenvalue weighted by atomic mass is 16.5. The molecule has 3 rings (SSSR count). The molecule has 0 radical (unpaired) electrons. The summed E-state index contributed by atoms with van der Waals surface area (Å²) in [6.07, 6.45) is 3.50. The predicted molar refractivity (Wildman–Crippen MR) is 66.6 cm³/mol. The van der Waals surface area contributed by atoms with Crippen LogP contribution in [0.1, 0.15) is 24.8 Å². The third-order valence-electron chi connectivity index (χ3n) is 4.16. The average molecular weight is 233 g/mol. The van der Waals surface area contributed by atoms with Crippen LogP contribution < -0.4 is 4.74 Å². The van der Waals surface area contributed by atoms with Crippen LogP contribution in [0.25, 0.3) is 0 Å². The Labute approximate surface area is 102 Å². The second-order valence-electron chi connectivity index (χ2n) is 5.37. The van der Waals surface area contributed by atoms with Crippen LogP contribution in [-0.2, 0) is 5.41 Å². The largest absolute Gasteiger partial charge is 0.504 e. The highest BCUT2D eigenvalue weighted by Gasteiger charge is 2.41. The summed E-state index contributed by atoms with van der Waals surface area (Å²) >= 11 is 0. The molecule has 0 aromatic heterocycles. The maximum absolute atomic E-state index is 9.90. The standard InChI is InChI=1S/C14H19NO2/c1-15-8-3-6-14(10-15)7-9-17-13-11(14)4-2-5-12(13)16/h2,4-5,16H,3,6-10H2,1H3. The third-order valence-corrected chi connectivity index (χ3v) is 4.16. The SMILES string of the molecule is CN1CCCC2(CCOc3c(O)cccc32)C1. The topological polar surface area (TPSA) is 32.7 Å². The molecule has 1 N–H and O–H groups in total. The number of likely N-dealkylation sites (N-methyl/N-ethyl adjacent to an activating group) is 1. The number of phenolic OH excluding ortho intramolecular Hbond substituents is 1. The first-order chi connectivity index (χ1) is 8.21. The molecule has 1 atom stereocenters. The van der Waals surface area contributed by atoms with Gasteiger partial charge in [-0.15, -0.1) is 0 Å². The molecular formula is C14H19NO2. The quantitative estimate of drug-likeness (QED) is 0.745. The Morgan fingerprint density at radius 3 is 3.06 bits per heavy atom. The fraction of sp³-hybridized carbons (Fsp3) is 0.571. The van der Waals surface area contributed by atoms with Gasteiger partial charge >= 0.3 is 0 Å². The zero-order chi connectivity index (χ0) is 11.9. The van der Waals surface area contributed by atoms with Gasteiger partial charge in [0.15, 0.2) is 11.5 Å². The lowest BCUT2D eigenvalue weighted by Gasteiger charge is -2.45. The molecule has 1 fully saturated rings. The smallest absolute Gasteiger partial charge is 0.164 e. The number of phenols is 1. The van der Waals surface area contributed by atoms with Gasteiger partial charge in [0.25, 0.3) is 0 Å². The van der Waals surface area contributed by atoms with Gasteiger partial charge in [0.1, 0.15) is 0 Å². The van der Waals surface area contributed by atoms with E-state index in [1.807, 2.05) is 6.07 Å². The summed E-state index contributed by atoms with van der Waals surface area (Å²) in [5, 5.41) is 9.90. The molecule has 2 aliphatic rings. The van der Waals surface area contributed by atoms with Crippen LogP contribution in [0.3, 0.4) is 0 Å². The van der Waals surface area contributed by atoms with E-state index in [4.69, 9.17) is 4.74 Å². The van der Waals surface area contributed by atoms with Gasteiger partial charge in [-0.2, -0.15) is 0 Å². The molecule has 1 unspecified atom stereocenters. The lowest BCUT2D eigenvalue weighted by molar-refractivity contribution is 0.120. The zero-order valence-corrected chi connectivity index (χ0v) is 10.3. The molecule has 1 spiro atoms. The highest BCUT2D eigenvalue weighted by Crippen LogP contribution is 2.47. The van der Waals surface area contributed by atoms with Crippen molar-refractivity contribution in [3.8, 4) is 11.5 Å². The van der Waals surface area contributed by atoms with Crippen molar-refractivity contribution in [1.82, 2.24) is 4.90 Å². The predicted octanol–water partition coefficient (Wildman–Crippen LogP) is 2.14. The Morgan fingerprint density at radius 2 is 2.24 bits per heavy atom. The van der Waals surface area contributed by atoms with Crippen molar-refractivity contribution in [1.29, 1.82) is 0 Å². The number of ether oxygens (including phenoxy) is 1. The van der Waals surface area contributed by atoms with Crippen molar-refractivity contribution < 1.29 is 9.84 Å². The van der Waals surface area contributed by atoms with E-state index in [1.165, 1.54) is 24.9 Å². The van der Waals surface area contributed by atoms with Crippen molar-refractivity contribution in [3.63, 3.8) is 0 Å². The average Bonchev–Trinajstić information content (AvgIpc) is 2.31. The lowest BCUT2D eigenvalue weighted by Crippen LogP contribution is -2.46. The fourth-order valence-corrected chi connectivity index (χ4v) is 3.36. The van der Waals surface area contributed by atoms with Crippen molar-refractivity contribution in [2.75, 3.05) is 26.7 Å². The Morgan fingerprint density at radius 1 is 1.35 bits per heavy atom. The first-order valence-corrected chi connectivity index (χ1v) is 6.35. The number of aromatic hydroxyl groups is 1. The van der Waals surface area contributed by atoms with Crippen molar-refractivity contribution in [2.45, 2.75) is 24.7 Å². The van der Waals surface area contributed by atoms with E-state index < -0.39 is 0 Å². The molecule has 2 aliphatic heterocycles. The molecule has 2 heterocycles. The monoisotopic (exact) mass is 233 g/mol. The minimum Gasteiger partial charge on any atom is -0.504 e. The normalized spacial score (nSPS) is 28.8. The van der Waals surface area contributed by atoms with Gasteiger partial charge in [-0.3, -0.25) is 0 Å². The molecule has 1 aromatic carbocycles. The van der Waals surface area contributed by atoms with Crippen molar-refractivity contribution in [3.05, 3.63) is 23.8 Å². The Hall–Kier alpha value is -1.22. The number of nitrogens with zero attached hydrogens (tertiary/aromatic N) is 1. The summed E-state index contributed by atoms with van der Waals surface area (Å²) in [4.78, 5) is 2.39. The molecule has 3 nitrogen and oxygen atoms in total. The van der Waals surface area contributed by atoms with E-state index in [1.54, 1.807) is 6.07 Å². The van der Waals surface area contributed by atoms with Crippen molar-refractivity contribution in [2.24, 2.45) is 0 Å². The molecular weight excluding hydrogens is 214 g/mol. The van der Waals surface area contributed by atoms with Crippen LogP contribution in [0, 0.1) is 0 Å². The summed E-state index contributed by atoms with van der Waals surface area (Å²) in [5.74, 6) is 1.00. The van der Waals surface area contributed by atoms with E-state index >= 15 is 0 Å². The van der Waals surface area contributed by atoms with Gasteiger partial charge < -0.3 is 14.7 Å². The van der Waals surface area contributed by atoms with Crippen LogP contribution in [-0.4, -0.2) is 36.8 Å². The van der Waals surface area contributed by atoms with Gasteiger partial charge in [-0.25, -0.2) is 0 Å². The van der Waals surface area contributed by atoms with E-state index in [0.717, 1.165) is 19.6 Å². The molecule has 0 amide bonds. The number of rotatable bonds is 0. The molecule has 92 valence electrons. The van der Waals surface area contributed by atoms with Crippen LogP contribution >= 0.6 is 0 Å². The van der Waals surface area contributed by atoms with Crippen LogP contribution in [0.15, 0.2) is 18.2 Å². The number of hydrogen-bond acceptors (Lipinski definition) is 3. The lowest BCUT2D eigenvalue weighted by atomic mass is 9.70. The molecule has 17 heavy (non-hydrogen) atoms. The summed E-state index contributed by atoms with van der Waals surface area (Å²) in [6, 6.07) is 5.76. The van der Waals surface area contributed by atoms with Gasteiger partial charge in [0.05, 0.1) is 6.61 Å². The maximum Gasteiger partial charge on any atom is 0.164 e. The van der Waals surface area contributed by atoms with Crippen molar-refractivity contribution >= 4 is 0 Å². The first kappa shape index (κ1) is 10.9. The first-order valence-electron chi connectivity index (χ1n) is 6.35. The second kappa shape index (κ2) is 3.91. The minimum absolute atomic E-state index is 0.194. The van der Waals surface area contributed by atoms with Gasteiger partial charge in [-0.05, 0) is 38.9 Å². The van der Waals surface area contributed by atoms with E-state index in [-0.39, 0.29) is 11.2 Å². The number of benzene rings is 1. The third kappa shape index (κ3) is 1.69. The summed E-state index contributed by atoms with van der Waals surface area (Å²) in [5.41, 5.74) is 1.40. The van der Waals surface area contributed by atoms with Gasteiger partial charge in [-0.1, -0.05) is 12.1 Å². The summed E-state index contributed by atoms with van der Waals surface area (Å²) < 4.78 is 5.65. The molecule has 1 aromatic rings. The van der Waals surface area contributed by atoms with Gasteiger partial charge in [0, 0.05) is 17.5 Å². The number of piperidine rings is 1. The highest BCUT2D eigenvalue weighted by molar-refractivity contribution is 5.51. The fourth-order valence-electron chi connectivity index (χ4n) is 3.36. The van der Waals surface area contributed by atoms with Gasteiger partial charge in [0.2, 0.25) is 0 Å². The molecule has 3 heteroatoms. The molecule has 1 saturated heterocycles. The minimum atomic E-state index is 0.194. The van der Waals surface area contributed by atoms with Crippen LogP contribution in [0.2, 0.25) is 0 Å². The van der Waals surface area contributed by atoms with E-state index in [9.17, 15) is 5.11 Å². The zero-order valence-electron chi connectivity index (χ0n) is 10.3. The summed E-state index contributed by atoms with van der Waals surface area (Å²) in [7, 11) is 2.18. The van der Waals surface area contributed by atoms with Crippen LogP contribution in [0.5, 0.6) is 11.5 Å². The second-order valence-corrected chi connectivity index (χ2v) is 5.37. The van der Waals surface area contributed by atoms with Crippen LogP contribution in [0.4, 0.5) is 0 Å².